The van der Waals surface area contributed by atoms with Crippen LogP contribution in [-0.4, -0.2) is 46.5 Å². The van der Waals surface area contributed by atoms with Gasteiger partial charge >= 0.3 is 0 Å². The number of aromatic nitrogens is 2. The van der Waals surface area contributed by atoms with Gasteiger partial charge in [-0.3, -0.25) is 4.79 Å². The van der Waals surface area contributed by atoms with Gasteiger partial charge in [0.15, 0.2) is 11.6 Å². The summed E-state index contributed by atoms with van der Waals surface area (Å²) in [6, 6.07) is 5.09. The molecule has 0 radical (unpaired) electrons. The van der Waals surface area contributed by atoms with E-state index in [4.69, 9.17) is 4.74 Å². The van der Waals surface area contributed by atoms with Crippen molar-refractivity contribution in [3.05, 3.63) is 42.2 Å². The van der Waals surface area contributed by atoms with Crippen LogP contribution in [0.2, 0.25) is 0 Å². The van der Waals surface area contributed by atoms with E-state index in [-0.39, 0.29) is 29.5 Å². The Morgan fingerprint density at radius 2 is 1.87 bits per heavy atom. The van der Waals surface area contributed by atoms with Gasteiger partial charge in [0.2, 0.25) is 11.8 Å². The lowest BCUT2D eigenvalue weighted by Crippen LogP contribution is -2.55. The summed E-state index contributed by atoms with van der Waals surface area (Å²) < 4.78 is 32.1. The summed E-state index contributed by atoms with van der Waals surface area (Å²) in [7, 11) is 0. The molecular formula is C22H26F2N4O2. The van der Waals surface area contributed by atoms with E-state index >= 15 is 0 Å². The fourth-order valence-electron chi connectivity index (χ4n) is 4.30. The summed E-state index contributed by atoms with van der Waals surface area (Å²) in [5, 5.41) is 0. The highest BCUT2D eigenvalue weighted by Gasteiger charge is 2.32. The normalized spacial score (nSPS) is 20.3. The van der Waals surface area contributed by atoms with E-state index in [0.717, 1.165) is 37.8 Å². The van der Waals surface area contributed by atoms with Crippen LogP contribution in [0.25, 0.3) is 0 Å². The monoisotopic (exact) mass is 416 g/mol. The number of carbonyl (C=O) groups is 1. The molecule has 0 bridgehead atoms. The molecule has 8 heteroatoms. The Balaban J connectivity index is 1.41. The Labute approximate surface area is 174 Å². The number of piperazine rings is 1. The Morgan fingerprint density at radius 1 is 1.07 bits per heavy atom. The molecular weight excluding hydrogens is 390 g/mol. The second-order valence-corrected chi connectivity index (χ2v) is 8.05. The molecule has 1 amide bonds. The first-order valence-corrected chi connectivity index (χ1v) is 10.5. The summed E-state index contributed by atoms with van der Waals surface area (Å²) in [5.41, 5.74) is 0. The van der Waals surface area contributed by atoms with E-state index in [1.165, 1.54) is 18.8 Å². The molecule has 1 aromatic carbocycles. The molecule has 2 fully saturated rings. The minimum atomic E-state index is -0.977. The summed E-state index contributed by atoms with van der Waals surface area (Å²) in [6.07, 6.45) is 6.91. The van der Waals surface area contributed by atoms with Gasteiger partial charge in [0.25, 0.3) is 0 Å². The van der Waals surface area contributed by atoms with Crippen LogP contribution in [0.4, 0.5) is 14.6 Å². The summed E-state index contributed by atoms with van der Waals surface area (Å²) in [5.74, 6) is -0.363. The van der Waals surface area contributed by atoms with Crippen molar-refractivity contribution in [1.29, 1.82) is 0 Å². The van der Waals surface area contributed by atoms with Crippen LogP contribution in [0.3, 0.4) is 0 Å². The van der Waals surface area contributed by atoms with Gasteiger partial charge in [-0.1, -0.05) is 19.3 Å². The molecule has 2 heterocycles. The lowest BCUT2D eigenvalue weighted by Gasteiger charge is -2.42. The van der Waals surface area contributed by atoms with Crippen LogP contribution < -0.4 is 9.64 Å². The Bertz CT molecular complexity index is 904. The zero-order valence-corrected chi connectivity index (χ0v) is 17.1. The molecule has 0 unspecified atom stereocenters. The van der Waals surface area contributed by atoms with Crippen LogP contribution in [0.5, 0.6) is 11.6 Å². The molecule has 0 spiro atoms. The second kappa shape index (κ2) is 8.93. The van der Waals surface area contributed by atoms with E-state index < -0.39 is 11.6 Å². The first-order valence-electron chi connectivity index (χ1n) is 10.5. The minimum absolute atomic E-state index is 0.0821. The van der Waals surface area contributed by atoms with Gasteiger partial charge in [-0.2, -0.15) is 0 Å². The quantitative estimate of drug-likeness (QED) is 0.749. The second-order valence-electron chi connectivity index (χ2n) is 8.05. The SMILES string of the molecule is C[C@@H]1CN(c2cc(Oc3ccc(F)c(F)c3)ncn2)CCN1C(=O)C1CCCCC1. The van der Waals surface area contributed by atoms with Gasteiger partial charge in [0.1, 0.15) is 17.9 Å². The summed E-state index contributed by atoms with van der Waals surface area (Å²) in [6.45, 7) is 4.05. The third-order valence-electron chi connectivity index (χ3n) is 5.93. The first kappa shape index (κ1) is 20.5. The molecule has 1 aliphatic heterocycles. The van der Waals surface area contributed by atoms with E-state index in [1.54, 1.807) is 6.07 Å². The van der Waals surface area contributed by atoms with Gasteiger partial charge in [0.05, 0.1) is 0 Å². The van der Waals surface area contributed by atoms with Gasteiger partial charge < -0.3 is 14.5 Å². The van der Waals surface area contributed by atoms with Crippen molar-refractivity contribution in [1.82, 2.24) is 14.9 Å². The highest BCUT2D eigenvalue weighted by atomic mass is 19.2. The Kier molecular flexibility index (Phi) is 6.11. The lowest BCUT2D eigenvalue weighted by atomic mass is 9.88. The molecule has 2 aliphatic rings. The maximum Gasteiger partial charge on any atom is 0.226 e. The van der Waals surface area contributed by atoms with Crippen molar-refractivity contribution < 1.29 is 18.3 Å². The predicted molar refractivity (Wildman–Crippen MR) is 108 cm³/mol. The number of rotatable bonds is 4. The number of amides is 1. The molecule has 0 N–H and O–H groups in total. The van der Waals surface area contributed by atoms with Crippen LogP contribution in [0.15, 0.2) is 30.6 Å². The largest absolute Gasteiger partial charge is 0.439 e. The van der Waals surface area contributed by atoms with Crippen molar-refractivity contribution in [3.63, 3.8) is 0 Å². The zero-order chi connectivity index (χ0) is 21.1. The van der Waals surface area contributed by atoms with E-state index in [0.29, 0.717) is 25.5 Å². The number of benzene rings is 1. The third kappa shape index (κ3) is 4.52. The molecule has 1 atom stereocenters. The Hall–Kier alpha value is -2.77. The van der Waals surface area contributed by atoms with Gasteiger partial charge in [0, 0.05) is 43.7 Å². The maximum atomic E-state index is 13.4. The lowest BCUT2D eigenvalue weighted by molar-refractivity contribution is -0.139. The van der Waals surface area contributed by atoms with Crippen LogP contribution >= 0.6 is 0 Å². The summed E-state index contributed by atoms with van der Waals surface area (Å²) in [4.78, 5) is 25.4. The van der Waals surface area contributed by atoms with Crippen molar-refractivity contribution >= 4 is 11.7 Å². The van der Waals surface area contributed by atoms with Crippen LogP contribution in [-0.2, 0) is 4.79 Å². The smallest absolute Gasteiger partial charge is 0.226 e. The number of anilines is 1. The minimum Gasteiger partial charge on any atom is -0.439 e. The van der Waals surface area contributed by atoms with Crippen LogP contribution in [0, 0.1) is 17.6 Å². The highest BCUT2D eigenvalue weighted by molar-refractivity contribution is 5.79. The molecule has 160 valence electrons. The maximum absolute atomic E-state index is 13.4. The van der Waals surface area contributed by atoms with Gasteiger partial charge in [-0.15, -0.1) is 0 Å². The number of halogens is 2. The number of hydrogen-bond acceptors (Lipinski definition) is 5. The third-order valence-corrected chi connectivity index (χ3v) is 5.93. The topological polar surface area (TPSA) is 58.6 Å². The molecule has 4 rings (SSSR count). The fraction of sp³-hybridized carbons (Fsp3) is 0.500. The van der Waals surface area contributed by atoms with Crippen LogP contribution in [0.1, 0.15) is 39.0 Å². The van der Waals surface area contributed by atoms with Crippen molar-refractivity contribution in [2.24, 2.45) is 5.92 Å². The van der Waals surface area contributed by atoms with Gasteiger partial charge in [-0.05, 0) is 31.9 Å². The number of nitrogens with zero attached hydrogens (tertiary/aromatic N) is 4. The number of carbonyl (C=O) groups excluding carboxylic acids is 1. The van der Waals surface area contributed by atoms with Crippen molar-refractivity contribution in [2.75, 3.05) is 24.5 Å². The first-order chi connectivity index (χ1) is 14.5. The average Bonchev–Trinajstić information content (AvgIpc) is 2.76. The molecule has 6 nitrogen and oxygen atoms in total. The van der Waals surface area contributed by atoms with E-state index in [2.05, 4.69) is 21.8 Å². The summed E-state index contributed by atoms with van der Waals surface area (Å²) >= 11 is 0. The fourth-order valence-corrected chi connectivity index (χ4v) is 4.30. The predicted octanol–water partition coefficient (Wildman–Crippen LogP) is 4.16. The molecule has 1 aliphatic carbocycles. The molecule has 1 aromatic heterocycles. The van der Waals surface area contributed by atoms with E-state index in [9.17, 15) is 13.6 Å². The molecule has 2 aromatic rings. The number of hydrogen-bond donors (Lipinski definition) is 0. The zero-order valence-electron chi connectivity index (χ0n) is 17.1. The highest BCUT2D eigenvalue weighted by Crippen LogP contribution is 2.28. The van der Waals surface area contributed by atoms with Crippen molar-refractivity contribution in [3.8, 4) is 11.6 Å². The Morgan fingerprint density at radius 3 is 2.60 bits per heavy atom. The van der Waals surface area contributed by atoms with Gasteiger partial charge in [-0.25, -0.2) is 18.7 Å². The molecule has 30 heavy (non-hydrogen) atoms. The molecule has 1 saturated heterocycles. The van der Waals surface area contributed by atoms with E-state index in [1.807, 2.05) is 4.90 Å². The average molecular weight is 416 g/mol. The molecule has 1 saturated carbocycles. The van der Waals surface area contributed by atoms with Crippen molar-refractivity contribution in [2.45, 2.75) is 45.1 Å². The number of ether oxygens (including phenoxy) is 1. The standard InChI is InChI=1S/C22H26F2N4O2/c1-15-13-27(9-10-28(15)22(29)16-5-3-2-4-6-16)20-12-21(26-14-25-20)30-17-7-8-18(23)19(24)11-17/h7-8,11-12,14-16H,2-6,9-10,13H2,1H3/t15-/m1/s1.